The number of benzene rings is 1. The van der Waals surface area contributed by atoms with Gasteiger partial charge in [0.15, 0.2) is 0 Å². The number of pyridine rings is 1. The van der Waals surface area contributed by atoms with Crippen molar-refractivity contribution in [1.29, 1.82) is 0 Å². The van der Waals surface area contributed by atoms with E-state index in [-0.39, 0.29) is 5.91 Å². The zero-order valence-corrected chi connectivity index (χ0v) is 14.0. The fraction of sp³-hybridized carbons (Fsp3) is 0.222. The van der Waals surface area contributed by atoms with Gasteiger partial charge in [-0.05, 0) is 35.9 Å². The van der Waals surface area contributed by atoms with Gasteiger partial charge >= 0.3 is 6.18 Å². The summed E-state index contributed by atoms with van der Waals surface area (Å²) in [4.78, 5) is 15.4. The van der Waals surface area contributed by atoms with Crippen molar-refractivity contribution >= 4 is 17.8 Å². The summed E-state index contributed by atoms with van der Waals surface area (Å²) < 4.78 is 42.4. The first-order chi connectivity index (χ1) is 12.4. The van der Waals surface area contributed by atoms with Crippen LogP contribution in [0.5, 0.6) is 5.75 Å². The smallest absolute Gasteiger partial charge is 0.417 e. The number of halogens is 3. The van der Waals surface area contributed by atoms with E-state index in [1.807, 2.05) is 12.1 Å². The lowest BCUT2D eigenvalue weighted by Gasteiger charge is -2.08. The topological polar surface area (TPSA) is 63.2 Å². The number of hydrogen-bond donors (Lipinski definition) is 2. The lowest BCUT2D eigenvalue weighted by Crippen LogP contribution is -2.27. The molecule has 0 radical (unpaired) electrons. The summed E-state index contributed by atoms with van der Waals surface area (Å²) in [6.45, 7) is 0.626. The van der Waals surface area contributed by atoms with Crippen LogP contribution < -0.4 is 15.4 Å². The molecule has 0 unspecified atom stereocenters. The summed E-state index contributed by atoms with van der Waals surface area (Å²) in [6.07, 6.45) is -0.597. The van der Waals surface area contributed by atoms with Crippen molar-refractivity contribution in [3.63, 3.8) is 0 Å². The van der Waals surface area contributed by atoms with E-state index in [0.29, 0.717) is 24.7 Å². The third kappa shape index (κ3) is 6.12. The van der Waals surface area contributed by atoms with E-state index in [0.717, 1.165) is 17.8 Å². The maximum Gasteiger partial charge on any atom is 0.417 e. The molecule has 1 aromatic carbocycles. The van der Waals surface area contributed by atoms with Gasteiger partial charge in [0.2, 0.25) is 5.91 Å². The van der Waals surface area contributed by atoms with Crippen LogP contribution in [0.3, 0.4) is 0 Å². The molecular formula is C18H18F3N3O2. The number of methoxy groups -OCH3 is 1. The molecule has 26 heavy (non-hydrogen) atoms. The van der Waals surface area contributed by atoms with Crippen LogP contribution in [0.1, 0.15) is 11.1 Å². The molecule has 1 aromatic heterocycles. The molecule has 0 bridgehead atoms. The number of nitrogens with one attached hydrogen (secondary N) is 2. The first kappa shape index (κ1) is 19.3. The number of aromatic nitrogens is 1. The first-order valence-electron chi connectivity index (χ1n) is 7.75. The highest BCUT2D eigenvalue weighted by atomic mass is 19.4. The van der Waals surface area contributed by atoms with Crippen LogP contribution in [-0.2, 0) is 11.0 Å². The van der Waals surface area contributed by atoms with Crippen LogP contribution in [0.4, 0.5) is 19.0 Å². The monoisotopic (exact) mass is 365 g/mol. The zero-order valence-electron chi connectivity index (χ0n) is 14.0. The molecule has 0 aliphatic rings. The molecule has 8 heteroatoms. The molecule has 138 valence electrons. The Bertz CT molecular complexity index is 759. The van der Waals surface area contributed by atoms with Gasteiger partial charge in [0.05, 0.1) is 12.7 Å². The van der Waals surface area contributed by atoms with Crippen LogP contribution in [0, 0.1) is 0 Å². The predicted octanol–water partition coefficient (Wildman–Crippen LogP) is 3.35. The normalized spacial score (nSPS) is 11.4. The number of ether oxygens (including phenoxy) is 1. The molecule has 0 atom stereocenters. The molecule has 5 nitrogen and oxygen atoms in total. The number of hydrogen-bond acceptors (Lipinski definition) is 4. The van der Waals surface area contributed by atoms with Crippen molar-refractivity contribution in [3.8, 4) is 5.75 Å². The van der Waals surface area contributed by atoms with Crippen molar-refractivity contribution in [2.45, 2.75) is 6.18 Å². The summed E-state index contributed by atoms with van der Waals surface area (Å²) in [6, 6.07) is 9.44. The summed E-state index contributed by atoms with van der Waals surface area (Å²) >= 11 is 0. The predicted molar refractivity (Wildman–Crippen MR) is 92.8 cm³/mol. The Morgan fingerprint density at radius 3 is 2.69 bits per heavy atom. The Balaban J connectivity index is 1.73. The maximum atomic E-state index is 12.4. The molecule has 2 N–H and O–H groups in total. The fourth-order valence-electron chi connectivity index (χ4n) is 2.02. The maximum absolute atomic E-state index is 12.4. The lowest BCUT2D eigenvalue weighted by atomic mass is 10.2. The lowest BCUT2D eigenvalue weighted by molar-refractivity contribution is -0.137. The first-order valence-corrected chi connectivity index (χ1v) is 7.75. The average Bonchev–Trinajstić information content (AvgIpc) is 2.63. The van der Waals surface area contributed by atoms with Crippen LogP contribution in [0.25, 0.3) is 6.08 Å². The highest BCUT2D eigenvalue weighted by Gasteiger charge is 2.30. The Labute approximate surface area is 148 Å². The van der Waals surface area contributed by atoms with E-state index in [1.165, 1.54) is 12.1 Å². The highest BCUT2D eigenvalue weighted by molar-refractivity contribution is 5.91. The summed E-state index contributed by atoms with van der Waals surface area (Å²) in [5.74, 6) is 0.718. The summed E-state index contributed by atoms with van der Waals surface area (Å²) in [7, 11) is 1.56. The second-order valence-electron chi connectivity index (χ2n) is 5.26. The standard InChI is InChI=1S/C18H18F3N3O2/c1-26-15-4-2-3-13(11-15)5-8-17(25)23-10-9-22-16-7-6-14(12-24-16)18(19,20)21/h2-8,11-12H,9-10H2,1H3,(H,22,24)(H,23,25)/b8-5+. The largest absolute Gasteiger partial charge is 0.497 e. The molecule has 0 spiro atoms. The summed E-state index contributed by atoms with van der Waals surface area (Å²) in [5.41, 5.74) is 0.0191. The van der Waals surface area contributed by atoms with Gasteiger partial charge in [0.1, 0.15) is 11.6 Å². The van der Waals surface area contributed by atoms with E-state index in [2.05, 4.69) is 15.6 Å². The van der Waals surface area contributed by atoms with Gasteiger partial charge in [0.25, 0.3) is 0 Å². The number of amides is 1. The van der Waals surface area contributed by atoms with Gasteiger partial charge in [-0.2, -0.15) is 13.2 Å². The SMILES string of the molecule is COc1cccc(/C=C/C(=O)NCCNc2ccc(C(F)(F)F)cn2)c1. The minimum atomic E-state index is -4.41. The Hall–Kier alpha value is -3.03. The molecular weight excluding hydrogens is 347 g/mol. The molecule has 0 aliphatic heterocycles. The molecule has 0 aliphatic carbocycles. The van der Waals surface area contributed by atoms with E-state index in [4.69, 9.17) is 4.74 Å². The van der Waals surface area contributed by atoms with E-state index in [1.54, 1.807) is 25.3 Å². The van der Waals surface area contributed by atoms with Crippen LogP contribution in [0.15, 0.2) is 48.7 Å². The molecule has 2 aromatic rings. The van der Waals surface area contributed by atoms with Crippen molar-refractivity contribution in [3.05, 3.63) is 59.8 Å². The molecule has 1 heterocycles. The Morgan fingerprint density at radius 1 is 1.23 bits per heavy atom. The Kier molecular flexibility index (Phi) is 6.60. The van der Waals surface area contributed by atoms with Crippen molar-refractivity contribution < 1.29 is 22.7 Å². The van der Waals surface area contributed by atoms with E-state index < -0.39 is 11.7 Å². The van der Waals surface area contributed by atoms with Gasteiger partial charge in [-0.15, -0.1) is 0 Å². The van der Waals surface area contributed by atoms with E-state index >= 15 is 0 Å². The van der Waals surface area contributed by atoms with Gasteiger partial charge < -0.3 is 15.4 Å². The molecule has 1 amide bonds. The van der Waals surface area contributed by atoms with Crippen LogP contribution in [0.2, 0.25) is 0 Å². The molecule has 0 saturated carbocycles. The van der Waals surface area contributed by atoms with Gasteiger partial charge in [0, 0.05) is 25.4 Å². The third-order valence-corrected chi connectivity index (χ3v) is 3.34. The highest BCUT2D eigenvalue weighted by Crippen LogP contribution is 2.28. The van der Waals surface area contributed by atoms with Gasteiger partial charge in [-0.1, -0.05) is 12.1 Å². The van der Waals surface area contributed by atoms with Crippen LogP contribution in [-0.4, -0.2) is 31.1 Å². The zero-order chi connectivity index (χ0) is 19.0. The number of anilines is 1. The minimum absolute atomic E-state index is 0.282. The number of alkyl halides is 3. The second kappa shape index (κ2) is 8.89. The van der Waals surface area contributed by atoms with Gasteiger partial charge in [-0.3, -0.25) is 4.79 Å². The van der Waals surface area contributed by atoms with Crippen molar-refractivity contribution in [2.75, 3.05) is 25.5 Å². The van der Waals surface area contributed by atoms with Crippen LogP contribution >= 0.6 is 0 Å². The fourth-order valence-corrected chi connectivity index (χ4v) is 2.02. The molecule has 0 saturated heterocycles. The minimum Gasteiger partial charge on any atom is -0.497 e. The molecule has 0 fully saturated rings. The quantitative estimate of drug-likeness (QED) is 0.583. The number of rotatable bonds is 7. The second-order valence-corrected chi connectivity index (χ2v) is 5.26. The summed E-state index contributed by atoms with van der Waals surface area (Å²) in [5, 5.41) is 5.49. The van der Waals surface area contributed by atoms with E-state index in [9.17, 15) is 18.0 Å². The number of nitrogens with zero attached hydrogens (tertiary/aromatic N) is 1. The average molecular weight is 365 g/mol. The number of carbonyl (C=O) groups is 1. The Morgan fingerprint density at radius 2 is 2.04 bits per heavy atom. The molecule has 2 rings (SSSR count). The number of carbonyl (C=O) groups excluding carboxylic acids is 1. The third-order valence-electron chi connectivity index (χ3n) is 3.34. The van der Waals surface area contributed by atoms with Crippen molar-refractivity contribution in [1.82, 2.24) is 10.3 Å². The van der Waals surface area contributed by atoms with Gasteiger partial charge in [-0.25, -0.2) is 4.98 Å². The van der Waals surface area contributed by atoms with Crippen molar-refractivity contribution in [2.24, 2.45) is 0 Å².